The number of hydrogen-bond acceptors (Lipinski definition) is 2. The van der Waals surface area contributed by atoms with Crippen LogP contribution in [0.1, 0.15) is 17.2 Å². The second-order valence-electron chi connectivity index (χ2n) is 4.57. The van der Waals surface area contributed by atoms with E-state index in [1.807, 2.05) is 11.8 Å². The molecule has 18 heavy (non-hydrogen) atoms. The normalized spacial score (nSPS) is 19.2. The van der Waals surface area contributed by atoms with Gasteiger partial charge in [0.1, 0.15) is 0 Å². The van der Waals surface area contributed by atoms with Gasteiger partial charge in [-0.05, 0) is 30.2 Å². The van der Waals surface area contributed by atoms with Crippen molar-refractivity contribution in [2.24, 2.45) is 0 Å². The Balaban J connectivity index is 2.28. The lowest BCUT2D eigenvalue weighted by molar-refractivity contribution is 0.0178. The monoisotopic (exact) mass is 274 g/mol. The number of halogens is 3. The molecule has 1 aromatic carbocycles. The predicted molar refractivity (Wildman–Crippen MR) is 69.4 cm³/mol. The van der Waals surface area contributed by atoms with Crippen molar-refractivity contribution in [2.45, 2.75) is 19.4 Å². The molecule has 1 N–H and O–H groups in total. The summed E-state index contributed by atoms with van der Waals surface area (Å²) >= 11 is 5.88. The average molecular weight is 275 g/mol. The third-order valence-corrected chi connectivity index (χ3v) is 3.57. The fourth-order valence-corrected chi connectivity index (χ4v) is 2.65. The van der Waals surface area contributed by atoms with Crippen LogP contribution in [0.2, 0.25) is 5.02 Å². The average Bonchev–Trinajstić information content (AvgIpc) is 2.33. The first-order valence-electron chi connectivity index (χ1n) is 6.08. The van der Waals surface area contributed by atoms with E-state index in [2.05, 4.69) is 5.32 Å². The minimum absolute atomic E-state index is 0.588. The van der Waals surface area contributed by atoms with Crippen LogP contribution in [0.3, 0.4) is 0 Å². The Morgan fingerprint density at radius 1 is 1.28 bits per heavy atom. The molecule has 1 aliphatic rings. The summed E-state index contributed by atoms with van der Waals surface area (Å²) in [5, 5.41) is 3.76. The molecular weight excluding hydrogens is 258 g/mol. The highest BCUT2D eigenvalue weighted by atomic mass is 35.5. The zero-order valence-corrected chi connectivity index (χ0v) is 11.1. The van der Waals surface area contributed by atoms with Gasteiger partial charge < -0.3 is 5.32 Å². The summed E-state index contributed by atoms with van der Waals surface area (Å²) in [6, 6.07) is 4.32. The molecule has 0 spiro atoms. The Labute approximate surface area is 111 Å². The maximum Gasteiger partial charge on any atom is 0.258 e. The van der Waals surface area contributed by atoms with Crippen LogP contribution in [0, 0.1) is 6.92 Å². The minimum atomic E-state index is -2.39. The van der Waals surface area contributed by atoms with Crippen molar-refractivity contribution in [1.82, 2.24) is 10.2 Å². The van der Waals surface area contributed by atoms with E-state index in [9.17, 15) is 8.78 Å². The van der Waals surface area contributed by atoms with Gasteiger partial charge in [0.15, 0.2) is 0 Å². The molecule has 1 heterocycles. The van der Waals surface area contributed by atoms with Crippen molar-refractivity contribution in [3.05, 3.63) is 34.3 Å². The van der Waals surface area contributed by atoms with E-state index < -0.39 is 12.5 Å². The lowest BCUT2D eigenvalue weighted by Gasteiger charge is -2.35. The lowest BCUT2D eigenvalue weighted by atomic mass is 9.99. The smallest absolute Gasteiger partial charge is 0.258 e. The van der Waals surface area contributed by atoms with E-state index in [0.717, 1.165) is 18.7 Å². The third-order valence-electron chi connectivity index (χ3n) is 3.33. The quantitative estimate of drug-likeness (QED) is 0.912. The third kappa shape index (κ3) is 2.99. The molecule has 100 valence electrons. The highest BCUT2D eigenvalue weighted by Crippen LogP contribution is 2.31. The summed E-state index contributed by atoms with van der Waals surface area (Å²) in [5.74, 6) is 0. The SMILES string of the molecule is Cc1cc(Cl)ccc1[C@@H](C(F)F)N1CCNCC1. The highest BCUT2D eigenvalue weighted by Gasteiger charge is 2.30. The fourth-order valence-electron chi connectivity index (χ4n) is 2.42. The number of piperazine rings is 1. The van der Waals surface area contributed by atoms with Crippen LogP contribution in [0.4, 0.5) is 8.78 Å². The number of nitrogens with zero attached hydrogens (tertiary/aromatic N) is 1. The summed E-state index contributed by atoms with van der Waals surface area (Å²) in [7, 11) is 0. The molecule has 2 nitrogen and oxygen atoms in total. The second-order valence-corrected chi connectivity index (χ2v) is 5.00. The Hall–Kier alpha value is -0.710. The van der Waals surface area contributed by atoms with Crippen LogP contribution in [-0.4, -0.2) is 37.5 Å². The van der Waals surface area contributed by atoms with Crippen LogP contribution in [0.15, 0.2) is 18.2 Å². The van der Waals surface area contributed by atoms with Crippen molar-refractivity contribution < 1.29 is 8.78 Å². The summed E-state index contributed by atoms with van der Waals surface area (Å²) < 4.78 is 26.7. The molecule has 1 saturated heterocycles. The Morgan fingerprint density at radius 2 is 1.94 bits per heavy atom. The van der Waals surface area contributed by atoms with Gasteiger partial charge in [0.25, 0.3) is 6.43 Å². The molecule has 5 heteroatoms. The fraction of sp³-hybridized carbons (Fsp3) is 0.538. The Bertz CT molecular complexity index is 406. The second kappa shape index (κ2) is 5.95. The van der Waals surface area contributed by atoms with Crippen molar-refractivity contribution in [2.75, 3.05) is 26.2 Å². The molecule has 1 aromatic rings. The lowest BCUT2D eigenvalue weighted by Crippen LogP contribution is -2.47. The summed E-state index contributed by atoms with van der Waals surface area (Å²) in [5.41, 5.74) is 1.50. The zero-order valence-electron chi connectivity index (χ0n) is 10.3. The zero-order chi connectivity index (χ0) is 13.1. The van der Waals surface area contributed by atoms with E-state index in [1.54, 1.807) is 18.2 Å². The van der Waals surface area contributed by atoms with Gasteiger partial charge >= 0.3 is 0 Å². The van der Waals surface area contributed by atoms with Crippen LogP contribution in [-0.2, 0) is 0 Å². The van der Waals surface area contributed by atoms with E-state index in [1.165, 1.54) is 0 Å². The maximum absolute atomic E-state index is 13.4. The van der Waals surface area contributed by atoms with Crippen molar-refractivity contribution in [3.63, 3.8) is 0 Å². The summed E-state index contributed by atoms with van der Waals surface area (Å²) in [6.07, 6.45) is -2.39. The van der Waals surface area contributed by atoms with Crippen molar-refractivity contribution in [1.29, 1.82) is 0 Å². The topological polar surface area (TPSA) is 15.3 Å². The largest absolute Gasteiger partial charge is 0.314 e. The molecule has 0 radical (unpaired) electrons. The number of rotatable bonds is 3. The first kappa shape index (κ1) is 13.7. The van der Waals surface area contributed by atoms with Crippen LogP contribution >= 0.6 is 11.6 Å². The van der Waals surface area contributed by atoms with Crippen molar-refractivity contribution in [3.8, 4) is 0 Å². The molecule has 0 aliphatic carbocycles. The van der Waals surface area contributed by atoms with Gasteiger partial charge in [0.2, 0.25) is 0 Å². The molecule has 0 amide bonds. The van der Waals surface area contributed by atoms with Gasteiger partial charge in [0, 0.05) is 31.2 Å². The molecule has 0 aromatic heterocycles. The molecular formula is C13H17ClF2N2. The van der Waals surface area contributed by atoms with Gasteiger partial charge in [-0.15, -0.1) is 0 Å². The van der Waals surface area contributed by atoms with E-state index in [0.29, 0.717) is 23.7 Å². The molecule has 2 rings (SSSR count). The Kier molecular flexibility index (Phi) is 4.54. The molecule has 1 aliphatic heterocycles. The van der Waals surface area contributed by atoms with Crippen molar-refractivity contribution >= 4 is 11.6 Å². The van der Waals surface area contributed by atoms with Crippen LogP contribution in [0.5, 0.6) is 0 Å². The molecule has 0 bridgehead atoms. The minimum Gasteiger partial charge on any atom is -0.314 e. The van der Waals surface area contributed by atoms with E-state index in [4.69, 9.17) is 11.6 Å². The summed E-state index contributed by atoms with van der Waals surface area (Å²) in [6.45, 7) is 4.65. The van der Waals surface area contributed by atoms with Gasteiger partial charge in [-0.2, -0.15) is 0 Å². The highest BCUT2D eigenvalue weighted by molar-refractivity contribution is 6.30. The van der Waals surface area contributed by atoms with Gasteiger partial charge in [-0.25, -0.2) is 8.78 Å². The van der Waals surface area contributed by atoms with Crippen LogP contribution in [0.25, 0.3) is 0 Å². The number of benzene rings is 1. The standard InChI is InChI=1S/C13H17ClF2N2/c1-9-8-10(14)2-3-11(9)12(13(15)16)18-6-4-17-5-7-18/h2-3,8,12-13,17H,4-7H2,1H3/t12-/m0/s1. The summed E-state index contributed by atoms with van der Waals surface area (Å²) in [4.78, 5) is 1.84. The maximum atomic E-state index is 13.4. The molecule has 0 saturated carbocycles. The number of nitrogens with one attached hydrogen (secondary N) is 1. The Morgan fingerprint density at radius 3 is 2.50 bits per heavy atom. The number of hydrogen-bond donors (Lipinski definition) is 1. The van der Waals surface area contributed by atoms with Crippen LogP contribution < -0.4 is 5.32 Å². The van der Waals surface area contributed by atoms with Gasteiger partial charge in [-0.3, -0.25) is 4.90 Å². The number of aryl methyl sites for hydroxylation is 1. The molecule has 0 unspecified atom stereocenters. The van der Waals surface area contributed by atoms with E-state index in [-0.39, 0.29) is 0 Å². The first-order valence-corrected chi connectivity index (χ1v) is 6.46. The molecule has 1 atom stereocenters. The first-order chi connectivity index (χ1) is 8.59. The van der Waals surface area contributed by atoms with Gasteiger partial charge in [-0.1, -0.05) is 17.7 Å². The predicted octanol–water partition coefficient (Wildman–Crippen LogP) is 2.86. The van der Waals surface area contributed by atoms with Gasteiger partial charge in [0.05, 0.1) is 6.04 Å². The van der Waals surface area contributed by atoms with E-state index >= 15 is 0 Å². The molecule has 1 fully saturated rings. The number of alkyl halides is 2.